The lowest BCUT2D eigenvalue weighted by molar-refractivity contribution is 0.0989. The van der Waals surface area contributed by atoms with E-state index in [2.05, 4.69) is 29.8 Å². The Labute approximate surface area is 230 Å². The highest BCUT2D eigenvalue weighted by Crippen LogP contribution is 2.43. The molecule has 0 atom stereocenters. The Hall–Kier alpha value is -3.78. The molecule has 39 heavy (non-hydrogen) atoms. The molecule has 4 rings (SSSR count). The highest BCUT2D eigenvalue weighted by atomic mass is 19.1. The first-order chi connectivity index (χ1) is 18.6. The van der Waals surface area contributed by atoms with Crippen molar-refractivity contribution < 1.29 is 14.0 Å². The Morgan fingerprint density at radius 1 is 0.923 bits per heavy atom. The van der Waals surface area contributed by atoms with Gasteiger partial charge in [-0.05, 0) is 71.7 Å². The van der Waals surface area contributed by atoms with Gasteiger partial charge in [0, 0.05) is 49.3 Å². The van der Waals surface area contributed by atoms with Crippen LogP contribution in [0, 0.1) is 5.82 Å². The molecule has 2 aromatic carbocycles. The predicted molar refractivity (Wildman–Crippen MR) is 153 cm³/mol. The monoisotopic (exact) mass is 531 g/mol. The second-order valence-corrected chi connectivity index (χ2v) is 10.9. The highest BCUT2D eigenvalue weighted by Gasteiger charge is 2.32. The van der Waals surface area contributed by atoms with Gasteiger partial charge >= 0.3 is 0 Å². The molecule has 0 radical (unpaired) electrons. The van der Waals surface area contributed by atoms with Crippen LogP contribution in [0.5, 0.6) is 0 Å². The van der Waals surface area contributed by atoms with Gasteiger partial charge < -0.3 is 16.4 Å². The van der Waals surface area contributed by atoms with Gasteiger partial charge in [-0.3, -0.25) is 19.5 Å². The number of carbonyl (C=O) groups is 2. The zero-order valence-corrected chi connectivity index (χ0v) is 23.2. The third-order valence-corrected chi connectivity index (χ3v) is 7.50. The average molecular weight is 532 g/mol. The van der Waals surface area contributed by atoms with Crippen LogP contribution in [0.25, 0.3) is 0 Å². The van der Waals surface area contributed by atoms with E-state index in [1.165, 1.54) is 6.07 Å². The molecule has 0 unspecified atom stereocenters. The van der Waals surface area contributed by atoms with Gasteiger partial charge in [-0.2, -0.15) is 0 Å². The number of nitrogens with two attached hydrogens (primary N) is 2. The van der Waals surface area contributed by atoms with Crippen LogP contribution in [0.2, 0.25) is 0 Å². The van der Waals surface area contributed by atoms with Gasteiger partial charge in [-0.25, -0.2) is 4.39 Å². The lowest BCUT2D eigenvalue weighted by Gasteiger charge is -2.42. The minimum absolute atomic E-state index is 0.0230. The van der Waals surface area contributed by atoms with Gasteiger partial charge in [0.15, 0.2) is 5.82 Å². The Balaban J connectivity index is 1.82. The van der Waals surface area contributed by atoms with E-state index in [0.717, 1.165) is 54.9 Å². The molecule has 7 nitrogen and oxygen atoms in total. The van der Waals surface area contributed by atoms with Crippen molar-refractivity contribution in [3.63, 3.8) is 0 Å². The minimum atomic E-state index is -0.809. The summed E-state index contributed by atoms with van der Waals surface area (Å²) in [6.07, 6.45) is 5.22. The molecular weight excluding hydrogens is 493 g/mol. The number of pyridine rings is 1. The maximum Gasteiger partial charge on any atom is 0.251 e. The number of benzene rings is 2. The van der Waals surface area contributed by atoms with Crippen molar-refractivity contribution >= 4 is 23.2 Å². The number of aromatic nitrogens is 1. The van der Waals surface area contributed by atoms with E-state index in [1.807, 2.05) is 37.1 Å². The van der Waals surface area contributed by atoms with Crippen molar-refractivity contribution in [1.82, 2.24) is 9.88 Å². The number of hydrogen-bond acceptors (Lipinski definition) is 5. The average Bonchev–Trinajstić information content (AvgIpc) is 2.90. The Morgan fingerprint density at radius 3 is 2.15 bits per heavy atom. The van der Waals surface area contributed by atoms with Crippen LogP contribution in [0.3, 0.4) is 0 Å². The summed E-state index contributed by atoms with van der Waals surface area (Å²) in [4.78, 5) is 33.1. The highest BCUT2D eigenvalue weighted by molar-refractivity contribution is 5.97. The van der Waals surface area contributed by atoms with Crippen molar-refractivity contribution in [3.8, 4) is 0 Å². The van der Waals surface area contributed by atoms with E-state index >= 15 is 4.39 Å². The van der Waals surface area contributed by atoms with E-state index in [9.17, 15) is 9.59 Å². The van der Waals surface area contributed by atoms with Crippen LogP contribution in [0.15, 0.2) is 54.9 Å². The molecule has 2 amide bonds. The summed E-state index contributed by atoms with van der Waals surface area (Å²) < 4.78 is 15.9. The largest absolute Gasteiger partial charge is 0.366 e. The number of carbonyl (C=O) groups excluding carboxylic acids is 2. The number of piperidine rings is 1. The molecule has 1 saturated heterocycles. The third kappa shape index (κ3) is 5.96. The molecule has 1 aliphatic heterocycles. The summed E-state index contributed by atoms with van der Waals surface area (Å²) in [5.41, 5.74) is 15.8. The van der Waals surface area contributed by atoms with Gasteiger partial charge in [0.1, 0.15) is 0 Å². The van der Waals surface area contributed by atoms with Crippen LogP contribution in [0.4, 0.5) is 15.8 Å². The second kappa shape index (κ2) is 11.9. The number of amides is 2. The van der Waals surface area contributed by atoms with Gasteiger partial charge in [0.2, 0.25) is 5.91 Å². The fourth-order valence-corrected chi connectivity index (χ4v) is 5.78. The second-order valence-electron chi connectivity index (χ2n) is 10.9. The van der Waals surface area contributed by atoms with Crippen molar-refractivity contribution in [2.45, 2.75) is 65.0 Å². The van der Waals surface area contributed by atoms with E-state index in [0.29, 0.717) is 11.3 Å². The van der Waals surface area contributed by atoms with Crippen molar-refractivity contribution in [3.05, 3.63) is 88.5 Å². The van der Waals surface area contributed by atoms with Gasteiger partial charge in [0.25, 0.3) is 5.91 Å². The molecule has 206 valence electrons. The lowest BCUT2D eigenvalue weighted by Crippen LogP contribution is -2.43. The lowest BCUT2D eigenvalue weighted by atomic mass is 9.84. The van der Waals surface area contributed by atoms with E-state index in [4.69, 9.17) is 11.5 Å². The molecule has 2 heterocycles. The summed E-state index contributed by atoms with van der Waals surface area (Å²) in [6, 6.07) is 12.4. The number of nitrogens with zero attached hydrogens (tertiary/aromatic N) is 3. The third-order valence-electron chi connectivity index (χ3n) is 7.50. The molecule has 3 aromatic rings. The maximum atomic E-state index is 15.9. The number of anilines is 2. The zero-order valence-electron chi connectivity index (χ0n) is 23.2. The SMILES string of the molecule is CC(C)c1c(C(N)=O)ccc(N(c2cccc(C(N)=O)c2F)C2CCN(Cc3cccnc3)CC2)c1C(C)C. The number of likely N-dealkylation sites (tertiary alicyclic amines) is 1. The normalized spacial score (nSPS) is 14.6. The van der Waals surface area contributed by atoms with Crippen molar-refractivity contribution in [2.75, 3.05) is 18.0 Å². The molecule has 4 N–H and O–H groups in total. The summed E-state index contributed by atoms with van der Waals surface area (Å²) in [7, 11) is 0. The van der Waals surface area contributed by atoms with E-state index < -0.39 is 17.6 Å². The zero-order chi connectivity index (χ0) is 28.3. The molecular formula is C31H38FN5O2. The maximum absolute atomic E-state index is 15.9. The van der Waals surface area contributed by atoms with Crippen LogP contribution in [-0.4, -0.2) is 40.8 Å². The number of primary amides is 2. The first-order valence-electron chi connectivity index (χ1n) is 13.6. The van der Waals surface area contributed by atoms with Crippen molar-refractivity contribution in [2.24, 2.45) is 11.5 Å². The summed E-state index contributed by atoms with van der Waals surface area (Å²) in [5, 5.41) is 0. The van der Waals surface area contributed by atoms with Gasteiger partial charge in [0.05, 0.1) is 11.3 Å². The summed E-state index contributed by atoms with van der Waals surface area (Å²) >= 11 is 0. The Morgan fingerprint density at radius 2 is 1.59 bits per heavy atom. The van der Waals surface area contributed by atoms with Crippen LogP contribution < -0.4 is 16.4 Å². The smallest absolute Gasteiger partial charge is 0.251 e. The molecule has 0 bridgehead atoms. The fraction of sp³-hybridized carbons (Fsp3) is 0.387. The Bertz CT molecular complexity index is 1330. The standard InChI is InChI=1S/C31H38FN5O2/c1-19(2)27-23(30(33)38)10-11-25(28(27)20(3)4)37(26-9-5-8-24(29(26)32)31(34)39)22-12-15-36(16-13-22)18-21-7-6-14-35-17-21/h5-11,14,17,19-20,22H,12-13,15-16,18H2,1-4H3,(H2,33,38)(H2,34,39). The van der Waals surface area contributed by atoms with E-state index in [1.54, 1.807) is 24.4 Å². The van der Waals surface area contributed by atoms with Crippen molar-refractivity contribution in [1.29, 1.82) is 0 Å². The fourth-order valence-electron chi connectivity index (χ4n) is 5.78. The summed E-state index contributed by atoms with van der Waals surface area (Å²) in [5.74, 6) is -1.87. The number of halogens is 1. The van der Waals surface area contributed by atoms with Gasteiger partial charge in [-0.15, -0.1) is 0 Å². The van der Waals surface area contributed by atoms with Crippen LogP contribution >= 0.6 is 0 Å². The molecule has 0 spiro atoms. The Kier molecular flexibility index (Phi) is 8.65. The quantitative estimate of drug-likeness (QED) is 0.381. The molecule has 0 saturated carbocycles. The van der Waals surface area contributed by atoms with Crippen LogP contribution in [0.1, 0.15) is 89.8 Å². The van der Waals surface area contributed by atoms with Crippen LogP contribution in [-0.2, 0) is 6.54 Å². The molecule has 1 aliphatic rings. The topological polar surface area (TPSA) is 106 Å². The van der Waals surface area contributed by atoms with E-state index in [-0.39, 0.29) is 23.4 Å². The van der Waals surface area contributed by atoms with Gasteiger partial charge in [-0.1, -0.05) is 39.8 Å². The molecule has 1 aromatic heterocycles. The first kappa shape index (κ1) is 28.2. The molecule has 8 heteroatoms. The summed E-state index contributed by atoms with van der Waals surface area (Å²) in [6.45, 7) is 10.6. The first-order valence-corrected chi connectivity index (χ1v) is 13.6. The number of rotatable bonds is 9. The number of hydrogen-bond donors (Lipinski definition) is 2. The molecule has 0 aliphatic carbocycles. The predicted octanol–water partition coefficient (Wildman–Crippen LogP) is 5.47. The minimum Gasteiger partial charge on any atom is -0.366 e. The molecule has 1 fully saturated rings.